The van der Waals surface area contributed by atoms with Gasteiger partial charge in [0.1, 0.15) is 5.75 Å². The summed E-state index contributed by atoms with van der Waals surface area (Å²) < 4.78 is 5.56. The summed E-state index contributed by atoms with van der Waals surface area (Å²) >= 11 is 0. The molecule has 2 aromatic rings. The van der Waals surface area contributed by atoms with Crippen LogP contribution in [0.15, 0.2) is 36.4 Å². The SMILES string of the molecule is Cc1ccc(Oc2cc(C#N)ccc2[N+](=O)[O-])cc1C. The molecule has 0 aliphatic rings. The second kappa shape index (κ2) is 5.41. The number of nitro benzene ring substituents is 1. The summed E-state index contributed by atoms with van der Waals surface area (Å²) in [7, 11) is 0. The summed E-state index contributed by atoms with van der Waals surface area (Å²) in [5.74, 6) is 0.573. The number of rotatable bonds is 3. The molecule has 0 aliphatic carbocycles. The van der Waals surface area contributed by atoms with E-state index in [0.29, 0.717) is 11.3 Å². The van der Waals surface area contributed by atoms with E-state index >= 15 is 0 Å². The van der Waals surface area contributed by atoms with Gasteiger partial charge in [0, 0.05) is 12.1 Å². The largest absolute Gasteiger partial charge is 0.450 e. The van der Waals surface area contributed by atoms with Gasteiger partial charge in [-0.3, -0.25) is 10.1 Å². The van der Waals surface area contributed by atoms with Crippen LogP contribution in [-0.4, -0.2) is 4.92 Å². The van der Waals surface area contributed by atoms with Crippen molar-refractivity contribution in [1.29, 1.82) is 5.26 Å². The lowest BCUT2D eigenvalue weighted by molar-refractivity contribution is -0.385. The van der Waals surface area contributed by atoms with Crippen molar-refractivity contribution in [3.8, 4) is 17.6 Å². The minimum Gasteiger partial charge on any atom is -0.450 e. The van der Waals surface area contributed by atoms with Crippen molar-refractivity contribution in [2.45, 2.75) is 13.8 Å². The summed E-state index contributed by atoms with van der Waals surface area (Å²) in [5, 5.41) is 19.8. The number of aryl methyl sites for hydroxylation is 2. The summed E-state index contributed by atoms with van der Waals surface area (Å²) in [4.78, 5) is 10.4. The van der Waals surface area contributed by atoms with E-state index in [9.17, 15) is 10.1 Å². The lowest BCUT2D eigenvalue weighted by atomic mass is 10.1. The molecule has 20 heavy (non-hydrogen) atoms. The van der Waals surface area contributed by atoms with Crippen molar-refractivity contribution >= 4 is 5.69 Å². The molecular weight excluding hydrogens is 256 g/mol. The molecule has 5 nitrogen and oxygen atoms in total. The molecule has 100 valence electrons. The van der Waals surface area contributed by atoms with Crippen LogP contribution in [0.4, 0.5) is 5.69 Å². The zero-order valence-electron chi connectivity index (χ0n) is 11.1. The van der Waals surface area contributed by atoms with E-state index in [0.717, 1.165) is 11.1 Å². The fourth-order valence-corrected chi connectivity index (χ4v) is 1.72. The zero-order chi connectivity index (χ0) is 14.7. The molecule has 2 rings (SSSR count). The Morgan fingerprint density at radius 3 is 2.50 bits per heavy atom. The van der Waals surface area contributed by atoms with Crippen molar-refractivity contribution in [2.75, 3.05) is 0 Å². The first kappa shape index (κ1) is 13.6. The number of hydrogen-bond acceptors (Lipinski definition) is 4. The van der Waals surface area contributed by atoms with Crippen molar-refractivity contribution < 1.29 is 9.66 Å². The fraction of sp³-hybridized carbons (Fsp3) is 0.133. The Morgan fingerprint density at radius 1 is 1.15 bits per heavy atom. The molecule has 0 unspecified atom stereocenters. The van der Waals surface area contributed by atoms with Gasteiger partial charge in [0.25, 0.3) is 0 Å². The van der Waals surface area contributed by atoms with E-state index in [1.165, 1.54) is 18.2 Å². The summed E-state index contributed by atoms with van der Waals surface area (Å²) in [6, 6.07) is 11.4. The van der Waals surface area contributed by atoms with Crippen LogP contribution in [0.2, 0.25) is 0 Å². The number of benzene rings is 2. The highest BCUT2D eigenvalue weighted by Crippen LogP contribution is 2.32. The average Bonchev–Trinajstić information content (AvgIpc) is 2.42. The molecule has 0 N–H and O–H groups in total. The topological polar surface area (TPSA) is 76.2 Å². The van der Waals surface area contributed by atoms with Gasteiger partial charge in [-0.1, -0.05) is 6.07 Å². The van der Waals surface area contributed by atoms with Gasteiger partial charge in [0.05, 0.1) is 16.6 Å². The number of nitro groups is 1. The average molecular weight is 268 g/mol. The number of nitriles is 1. The Hall–Kier alpha value is -2.87. The fourth-order valence-electron chi connectivity index (χ4n) is 1.72. The van der Waals surface area contributed by atoms with Gasteiger partial charge >= 0.3 is 5.69 Å². The van der Waals surface area contributed by atoms with Crippen molar-refractivity contribution in [3.63, 3.8) is 0 Å². The van der Waals surface area contributed by atoms with Gasteiger partial charge in [-0.05, 0) is 43.2 Å². The van der Waals surface area contributed by atoms with Crippen LogP contribution in [0, 0.1) is 35.3 Å². The highest BCUT2D eigenvalue weighted by Gasteiger charge is 2.16. The van der Waals surface area contributed by atoms with E-state index in [2.05, 4.69) is 0 Å². The van der Waals surface area contributed by atoms with Gasteiger partial charge in [-0.25, -0.2) is 0 Å². The van der Waals surface area contributed by atoms with Crippen molar-refractivity contribution in [1.82, 2.24) is 0 Å². The molecule has 5 heteroatoms. The van der Waals surface area contributed by atoms with Crippen LogP contribution in [0.25, 0.3) is 0 Å². The van der Waals surface area contributed by atoms with E-state index < -0.39 is 4.92 Å². The quantitative estimate of drug-likeness (QED) is 0.625. The Balaban J connectivity index is 2.43. The second-order valence-corrected chi connectivity index (χ2v) is 4.40. The smallest absolute Gasteiger partial charge is 0.311 e. The molecule has 0 heterocycles. The Kier molecular flexibility index (Phi) is 3.67. The molecule has 0 fully saturated rings. The summed E-state index contributed by atoms with van der Waals surface area (Å²) in [6.45, 7) is 3.90. The second-order valence-electron chi connectivity index (χ2n) is 4.40. The predicted molar refractivity (Wildman–Crippen MR) is 73.8 cm³/mol. The molecule has 0 saturated carbocycles. The Bertz CT molecular complexity index is 718. The van der Waals surface area contributed by atoms with Crippen LogP contribution in [0.3, 0.4) is 0 Å². The maximum atomic E-state index is 11.0. The molecule has 0 radical (unpaired) electrons. The zero-order valence-corrected chi connectivity index (χ0v) is 11.1. The van der Waals surface area contributed by atoms with Gasteiger partial charge in [0.15, 0.2) is 0 Å². The van der Waals surface area contributed by atoms with E-state index in [1.54, 1.807) is 12.1 Å². The number of ether oxygens (including phenoxy) is 1. The van der Waals surface area contributed by atoms with Crippen molar-refractivity contribution in [2.24, 2.45) is 0 Å². The molecule has 0 atom stereocenters. The molecule has 0 bridgehead atoms. The lowest BCUT2D eigenvalue weighted by Gasteiger charge is -2.08. The maximum Gasteiger partial charge on any atom is 0.311 e. The molecule has 0 aromatic heterocycles. The lowest BCUT2D eigenvalue weighted by Crippen LogP contribution is -1.94. The van der Waals surface area contributed by atoms with Crippen LogP contribution in [0.1, 0.15) is 16.7 Å². The van der Waals surface area contributed by atoms with E-state index in [4.69, 9.17) is 10.00 Å². The third-order valence-corrected chi connectivity index (χ3v) is 2.99. The third-order valence-electron chi connectivity index (χ3n) is 2.99. The van der Waals surface area contributed by atoms with Crippen LogP contribution in [-0.2, 0) is 0 Å². The van der Waals surface area contributed by atoms with Crippen LogP contribution in [0.5, 0.6) is 11.5 Å². The molecule has 0 amide bonds. The number of nitrogens with zero attached hydrogens (tertiary/aromatic N) is 2. The maximum absolute atomic E-state index is 11.0. The number of hydrogen-bond donors (Lipinski definition) is 0. The first-order valence-electron chi connectivity index (χ1n) is 5.95. The van der Waals surface area contributed by atoms with Crippen molar-refractivity contribution in [3.05, 3.63) is 63.2 Å². The summed E-state index contributed by atoms with van der Waals surface area (Å²) in [5.41, 5.74) is 2.29. The Labute approximate surface area is 116 Å². The Morgan fingerprint density at radius 2 is 1.90 bits per heavy atom. The normalized spacial score (nSPS) is 9.85. The summed E-state index contributed by atoms with van der Waals surface area (Å²) in [6.07, 6.45) is 0. The highest BCUT2D eigenvalue weighted by atomic mass is 16.6. The van der Waals surface area contributed by atoms with E-state index in [-0.39, 0.29) is 11.4 Å². The van der Waals surface area contributed by atoms with Gasteiger partial charge in [-0.2, -0.15) is 5.26 Å². The molecule has 0 saturated heterocycles. The monoisotopic (exact) mass is 268 g/mol. The van der Waals surface area contributed by atoms with E-state index in [1.807, 2.05) is 26.0 Å². The predicted octanol–water partition coefficient (Wildman–Crippen LogP) is 3.88. The third kappa shape index (κ3) is 2.75. The van der Waals surface area contributed by atoms with Crippen LogP contribution >= 0.6 is 0 Å². The molecule has 0 spiro atoms. The molecule has 2 aromatic carbocycles. The standard InChI is InChI=1S/C15H12N2O3/c1-10-3-5-13(7-11(10)2)20-15-8-12(9-16)4-6-14(15)17(18)19/h3-8H,1-2H3. The molecule has 0 aliphatic heterocycles. The van der Waals surface area contributed by atoms with Crippen LogP contribution < -0.4 is 4.74 Å². The molecular formula is C15H12N2O3. The first-order chi connectivity index (χ1) is 9.51. The minimum absolute atomic E-state index is 0.0669. The van der Waals surface area contributed by atoms with Gasteiger partial charge in [-0.15, -0.1) is 0 Å². The highest BCUT2D eigenvalue weighted by molar-refractivity contribution is 5.53. The van der Waals surface area contributed by atoms with Gasteiger partial charge < -0.3 is 4.74 Å². The minimum atomic E-state index is -0.530. The first-order valence-corrected chi connectivity index (χ1v) is 5.95. The van der Waals surface area contributed by atoms with Gasteiger partial charge in [0.2, 0.25) is 5.75 Å².